The van der Waals surface area contributed by atoms with E-state index >= 15 is 0 Å². The van der Waals surface area contributed by atoms with Crippen LogP contribution in [-0.4, -0.2) is 137 Å². The molecule has 0 saturated heterocycles. The van der Waals surface area contributed by atoms with Gasteiger partial charge in [-0.3, -0.25) is 44.7 Å². The maximum Gasteiger partial charge on any atom is 1.00 e. The summed E-state index contributed by atoms with van der Waals surface area (Å²) in [6.07, 6.45) is 10.1. The summed E-state index contributed by atoms with van der Waals surface area (Å²) in [5, 5.41) is 51.7. The minimum Gasteiger partial charge on any atom is -0.793 e. The van der Waals surface area contributed by atoms with Gasteiger partial charge in [0.1, 0.15) is 40.8 Å². The number of nitro groups is 3. The Labute approximate surface area is 646 Å². The normalized spacial score (nSPS) is 18.0. The van der Waals surface area contributed by atoms with Crippen LogP contribution in [0.4, 0.5) is 47.2 Å². The Morgan fingerprint density at radius 2 is 0.821 bits per heavy atom. The number of nitrogens with two attached hydrogens (primary N) is 2. The summed E-state index contributed by atoms with van der Waals surface area (Å²) in [4.78, 5) is 124. The van der Waals surface area contributed by atoms with Gasteiger partial charge in [-0.25, -0.2) is 33.7 Å². The van der Waals surface area contributed by atoms with Crippen LogP contribution in [0.15, 0.2) is 54.6 Å². The van der Waals surface area contributed by atoms with E-state index in [4.69, 9.17) is 25.7 Å². The van der Waals surface area contributed by atoms with Crippen molar-refractivity contribution in [3.8, 4) is 0 Å². The molecule has 0 spiro atoms. The van der Waals surface area contributed by atoms with Crippen LogP contribution in [0, 0.1) is 47.0 Å². The molecule has 106 heavy (non-hydrogen) atoms. The summed E-state index contributed by atoms with van der Waals surface area (Å²) in [7, 11) is 4.32. The zero-order valence-corrected chi connectivity index (χ0v) is 67.8. The third-order valence-electron chi connectivity index (χ3n) is 15.7. The van der Waals surface area contributed by atoms with E-state index in [9.17, 15) is 73.1 Å². The van der Waals surface area contributed by atoms with E-state index in [1.54, 1.807) is 18.2 Å². The SMILES string of the molecule is CC(=O)OOC(C)=O.CC(C)(C)OC(=O)NC1CCC(N)CC1.CC(C)(C)OC(=O)NC1CCC(Nc2ccc(C=O)cc2[N+](=O)[O-])CC1.C[C@H](N)C(C)(C)C.C[C@H](NCc1ccc(NC2CCC(NC(=O)OC(C)(C)C)CC2)c([N+](=O)[O-])c1)C(C)(C)C.O=Cc1ccc(F)c([N+](=O)[O-])c1.[B-]OC(C)=O.[Na+]. The van der Waals surface area contributed by atoms with E-state index < -0.39 is 68.2 Å². The number of amides is 3. The van der Waals surface area contributed by atoms with E-state index in [1.807, 2.05) is 81.4 Å². The minimum absolute atomic E-state index is 0. The van der Waals surface area contributed by atoms with Gasteiger partial charge >= 0.3 is 65.5 Å². The Morgan fingerprint density at radius 3 is 1.11 bits per heavy atom. The van der Waals surface area contributed by atoms with Gasteiger partial charge in [0.05, 0.1) is 14.8 Å². The molecule has 3 saturated carbocycles. The summed E-state index contributed by atoms with van der Waals surface area (Å²) >= 11 is 0. The van der Waals surface area contributed by atoms with Crippen LogP contribution < -0.4 is 72.9 Å². The zero-order valence-electron chi connectivity index (χ0n) is 65.8. The number of ether oxygens (including phenoxy) is 3. The van der Waals surface area contributed by atoms with Crippen molar-refractivity contribution in [2.24, 2.45) is 22.3 Å². The molecule has 3 radical (unpaired) electrons. The Kier molecular flexibility index (Phi) is 45.5. The first-order valence-corrected chi connectivity index (χ1v) is 34.7. The number of nitrogens with zero attached hydrogens (tertiary/aromatic N) is 3. The van der Waals surface area contributed by atoms with Gasteiger partial charge in [-0.15, -0.1) is 0 Å². The van der Waals surface area contributed by atoms with Crippen molar-refractivity contribution in [1.29, 1.82) is 0 Å². The molecule has 0 bridgehead atoms. The Hall–Kier alpha value is -8.11. The van der Waals surface area contributed by atoms with E-state index in [0.717, 1.165) is 109 Å². The van der Waals surface area contributed by atoms with Gasteiger partial charge < -0.3 is 70.3 Å². The van der Waals surface area contributed by atoms with Gasteiger partial charge in [0.2, 0.25) is 11.8 Å². The largest absolute Gasteiger partial charge is 1.00 e. The number of hydrogen-bond acceptors (Lipinski definition) is 25. The maximum absolute atomic E-state index is 12.6. The van der Waals surface area contributed by atoms with Crippen molar-refractivity contribution in [3.63, 3.8) is 0 Å². The molecule has 589 valence electrons. The number of halogens is 1. The number of rotatable bonds is 15. The molecule has 3 amide bonds. The number of anilines is 2. The molecule has 0 aromatic heterocycles. The molecular weight excluding hydrogens is 1390 g/mol. The first kappa shape index (κ1) is 99.9. The molecule has 3 aliphatic carbocycles. The third kappa shape index (κ3) is 46.8. The molecule has 0 unspecified atom stereocenters. The molecule has 10 N–H and O–H groups in total. The van der Waals surface area contributed by atoms with Gasteiger partial charge in [-0.2, -0.15) is 4.39 Å². The van der Waals surface area contributed by atoms with E-state index in [-0.39, 0.29) is 110 Å². The maximum atomic E-state index is 12.6. The topological polar surface area (TPSA) is 446 Å². The number of nitrogens with one attached hydrogen (secondary N) is 6. The number of hydrogen-bond donors (Lipinski definition) is 8. The fourth-order valence-corrected chi connectivity index (χ4v) is 9.18. The number of aldehydes is 2. The molecule has 0 heterocycles. The van der Waals surface area contributed by atoms with Gasteiger partial charge in [-0.05, 0) is 200 Å². The fourth-order valence-electron chi connectivity index (χ4n) is 9.18. The van der Waals surface area contributed by atoms with E-state index in [1.165, 1.54) is 19.1 Å². The van der Waals surface area contributed by atoms with Crippen molar-refractivity contribution >= 4 is 85.2 Å². The predicted octanol–water partition coefficient (Wildman–Crippen LogP) is 10.4. The average molecular weight is 1510 g/mol. The van der Waals surface area contributed by atoms with E-state index in [2.05, 4.69) is 103 Å². The van der Waals surface area contributed by atoms with Crippen LogP contribution in [0.3, 0.4) is 0 Å². The molecule has 0 aliphatic heterocycles. The van der Waals surface area contributed by atoms with Crippen molar-refractivity contribution in [2.45, 2.75) is 287 Å². The standard InChI is InChI=1S/C24H40N4O4.C18H25N3O5.C11H22N2O2.C7H4FNO3.C6H15N.C4H6O4.C2H3BO2.Na/c1-16(23(2,3)4)25-15-17-8-13-20(21(14-17)28(30)31)26-18-9-11-19(12-10-18)27-22(29)32-24(5,6)7;1-18(2,3)26-17(23)20-14-7-5-13(6-8-14)19-15-9-4-12(11-22)10-16(15)21(24)25;1-11(2,3)15-10(14)13-9-6-4-8(12)5-7-9;8-6-2-1-5(4-10)3-7(6)9(11)12;1-5(7)6(2,3)4;1-3(5)7-8-4(2)6;1-2(4)5-3;/h8,13-14,16,18-19,25-26H,9-12,15H2,1-7H3,(H,27,29);4,9-11,13-14,19H,5-8H2,1-3H3,(H,20,23);8-9H,4-7,12H2,1-3H3,(H,13,14);1-4H;5H,7H2,1-4H3;1-2H3;1H3;/q;;;;;;-1;+1/t16-,18?,19?;;;;5-;;;/m0...0.../s1. The number of alkyl carbamates (subject to hydrolysis) is 3. The van der Waals surface area contributed by atoms with Crippen molar-refractivity contribution < 1.29 is 116 Å². The van der Waals surface area contributed by atoms with E-state index in [0.29, 0.717) is 42.6 Å². The monoisotopic (exact) mass is 1510 g/mol. The second kappa shape index (κ2) is 48.2. The summed E-state index contributed by atoms with van der Waals surface area (Å²) in [5.41, 5.74) is 11.8. The van der Waals surface area contributed by atoms with Crippen molar-refractivity contribution in [1.82, 2.24) is 21.3 Å². The van der Waals surface area contributed by atoms with Crippen molar-refractivity contribution in [2.75, 3.05) is 10.6 Å². The second-order valence-electron chi connectivity index (χ2n) is 30.7. The van der Waals surface area contributed by atoms with Gasteiger partial charge in [-0.1, -0.05) is 47.6 Å². The smallest absolute Gasteiger partial charge is 0.793 e. The van der Waals surface area contributed by atoms with Gasteiger partial charge in [0, 0.05) is 105 Å². The number of carbonyl (C=O) groups is 8. The summed E-state index contributed by atoms with van der Waals surface area (Å²) in [6, 6.07) is 14.2. The van der Waals surface area contributed by atoms with Crippen molar-refractivity contribution in [3.05, 3.63) is 107 Å². The second-order valence-corrected chi connectivity index (χ2v) is 30.7. The summed E-state index contributed by atoms with van der Waals surface area (Å²) < 4.78 is 32.0. The molecule has 34 heteroatoms. The number of benzene rings is 3. The Balaban J connectivity index is 0. The third-order valence-corrected chi connectivity index (χ3v) is 15.7. The number of nitro benzene ring substituents is 3. The number of carbonyl (C=O) groups excluding carboxylic acids is 8. The van der Waals surface area contributed by atoms with Gasteiger partial charge in [0.25, 0.3) is 11.4 Å². The Morgan fingerprint density at radius 1 is 0.519 bits per heavy atom. The molecule has 3 aromatic carbocycles. The molecule has 3 aliphatic rings. The molecule has 31 nitrogen and oxygen atoms in total. The predicted molar refractivity (Wildman–Crippen MR) is 398 cm³/mol. The Bertz CT molecular complexity index is 3260. The molecule has 3 fully saturated rings. The summed E-state index contributed by atoms with van der Waals surface area (Å²) in [5.74, 6) is -2.68. The van der Waals surface area contributed by atoms with Crippen LogP contribution >= 0.6 is 0 Å². The first-order chi connectivity index (χ1) is 48.3. The molecule has 2 atom stereocenters. The summed E-state index contributed by atoms with van der Waals surface area (Å²) in [6.45, 7) is 37.7. The van der Waals surface area contributed by atoms with Crippen LogP contribution in [-0.2, 0) is 49.6 Å². The molecule has 3 aromatic rings. The van der Waals surface area contributed by atoms with Crippen LogP contribution in [0.2, 0.25) is 0 Å². The average Bonchev–Trinajstić information content (AvgIpc) is 0.842. The van der Waals surface area contributed by atoms with Gasteiger partial charge in [0.15, 0.2) is 0 Å². The van der Waals surface area contributed by atoms with Crippen LogP contribution in [0.1, 0.15) is 242 Å². The minimum atomic E-state index is -0.939. The van der Waals surface area contributed by atoms with Crippen LogP contribution in [0.5, 0.6) is 0 Å². The zero-order chi connectivity index (χ0) is 81.0. The van der Waals surface area contributed by atoms with Crippen LogP contribution in [0.25, 0.3) is 0 Å². The first-order valence-electron chi connectivity index (χ1n) is 34.7. The fraction of sp³-hybridized carbons (Fsp3) is 0.639. The molecular formula is C72H115BFN11NaO20. The quantitative estimate of drug-likeness (QED) is 0.0175. The molecule has 6 rings (SSSR count).